The Balaban J connectivity index is 1.98. The second-order valence-corrected chi connectivity index (χ2v) is 11.7. The number of amides is 2. The first-order chi connectivity index (χ1) is 18.9. The second-order valence-electron chi connectivity index (χ2n) is 11.7. The molecule has 40 heavy (non-hydrogen) atoms. The molecule has 11 nitrogen and oxygen atoms in total. The molecule has 220 valence electrons. The number of benzene rings is 1. The van der Waals surface area contributed by atoms with Gasteiger partial charge in [0.2, 0.25) is 0 Å². The summed E-state index contributed by atoms with van der Waals surface area (Å²) in [6.07, 6.45) is 1.79. The van der Waals surface area contributed by atoms with Crippen LogP contribution in [0, 0.1) is 11.8 Å². The Morgan fingerprint density at radius 2 is 1.82 bits per heavy atom. The van der Waals surface area contributed by atoms with Crippen molar-refractivity contribution >= 4 is 18.0 Å². The fourth-order valence-electron chi connectivity index (χ4n) is 4.89. The number of ether oxygens (including phenoxy) is 2. The lowest BCUT2D eigenvalue weighted by Gasteiger charge is -2.42. The van der Waals surface area contributed by atoms with Gasteiger partial charge in [-0.3, -0.25) is 9.59 Å². The zero-order valence-corrected chi connectivity index (χ0v) is 24.5. The highest BCUT2D eigenvalue weighted by Gasteiger charge is 2.40. The maximum atomic E-state index is 14.2. The summed E-state index contributed by atoms with van der Waals surface area (Å²) in [5.41, 5.74) is 0.994. The topological polar surface area (TPSA) is 127 Å². The van der Waals surface area contributed by atoms with Crippen LogP contribution < -0.4 is 0 Å². The number of carboxylic acid groups (broad SMARTS) is 1. The van der Waals surface area contributed by atoms with Gasteiger partial charge < -0.3 is 24.4 Å². The molecule has 2 amide bonds. The van der Waals surface area contributed by atoms with Gasteiger partial charge in [0, 0.05) is 33.4 Å². The third kappa shape index (κ3) is 8.27. The van der Waals surface area contributed by atoms with Gasteiger partial charge in [-0.2, -0.15) is 0 Å². The number of aromatic nitrogens is 3. The van der Waals surface area contributed by atoms with Crippen LogP contribution in [0.1, 0.15) is 70.1 Å². The summed E-state index contributed by atoms with van der Waals surface area (Å²) in [4.78, 5) is 42.4. The summed E-state index contributed by atoms with van der Waals surface area (Å²) in [6, 6.07) is 9.00. The fourth-order valence-corrected chi connectivity index (χ4v) is 4.89. The molecule has 1 saturated heterocycles. The van der Waals surface area contributed by atoms with Crippen LogP contribution >= 0.6 is 0 Å². The van der Waals surface area contributed by atoms with Gasteiger partial charge in [-0.25, -0.2) is 9.48 Å². The summed E-state index contributed by atoms with van der Waals surface area (Å²) in [5.74, 6) is -2.07. The minimum Gasteiger partial charge on any atom is -0.481 e. The SMILES string of the molecule is COCCCCc1c(C(=O)N(CC(C)C)[C@H]2C[C@@H](C(=O)O)CN(C(=O)OC(C)(C)C)C2)nnn1-c1ccccc1. The zero-order chi connectivity index (χ0) is 29.4. The number of unbranched alkanes of at least 4 members (excludes halogenated alkanes) is 1. The molecule has 0 saturated carbocycles. The van der Waals surface area contributed by atoms with E-state index in [1.54, 1.807) is 37.5 Å². The summed E-state index contributed by atoms with van der Waals surface area (Å²) < 4.78 is 12.4. The molecule has 1 aromatic carbocycles. The first-order valence-electron chi connectivity index (χ1n) is 13.9. The van der Waals surface area contributed by atoms with Crippen molar-refractivity contribution in [3.05, 3.63) is 41.7 Å². The van der Waals surface area contributed by atoms with Gasteiger partial charge in [0.15, 0.2) is 5.69 Å². The predicted octanol–water partition coefficient (Wildman–Crippen LogP) is 4.04. The van der Waals surface area contributed by atoms with Crippen molar-refractivity contribution in [2.75, 3.05) is 33.4 Å². The van der Waals surface area contributed by atoms with Crippen molar-refractivity contribution in [3.8, 4) is 5.69 Å². The Labute approximate surface area is 236 Å². The number of carbonyl (C=O) groups is 3. The minimum absolute atomic E-state index is 0.0272. The van der Waals surface area contributed by atoms with E-state index in [9.17, 15) is 19.5 Å². The van der Waals surface area contributed by atoms with E-state index in [-0.39, 0.29) is 37.0 Å². The van der Waals surface area contributed by atoms with E-state index in [4.69, 9.17) is 9.47 Å². The van der Waals surface area contributed by atoms with Crippen LogP contribution in [0.5, 0.6) is 0 Å². The van der Waals surface area contributed by atoms with E-state index in [1.165, 1.54) is 4.90 Å². The van der Waals surface area contributed by atoms with Gasteiger partial charge in [-0.05, 0) is 64.5 Å². The maximum Gasteiger partial charge on any atom is 0.410 e. The lowest BCUT2D eigenvalue weighted by molar-refractivity contribution is -0.144. The van der Waals surface area contributed by atoms with Crippen LogP contribution in [0.3, 0.4) is 0 Å². The normalized spacial score (nSPS) is 17.6. The molecule has 2 atom stereocenters. The second kappa shape index (κ2) is 13.7. The average molecular weight is 558 g/mol. The van der Waals surface area contributed by atoms with Gasteiger partial charge in [-0.1, -0.05) is 37.3 Å². The van der Waals surface area contributed by atoms with Crippen molar-refractivity contribution in [2.45, 2.75) is 71.9 Å². The molecule has 3 rings (SSSR count). The summed E-state index contributed by atoms with van der Waals surface area (Å²) in [6.45, 7) is 10.5. The van der Waals surface area contributed by atoms with Crippen molar-refractivity contribution in [2.24, 2.45) is 11.8 Å². The van der Waals surface area contributed by atoms with Gasteiger partial charge >= 0.3 is 12.1 Å². The van der Waals surface area contributed by atoms with Crippen LogP contribution in [0.25, 0.3) is 5.69 Å². The first-order valence-corrected chi connectivity index (χ1v) is 13.9. The molecule has 0 radical (unpaired) electrons. The van der Waals surface area contributed by atoms with E-state index in [0.717, 1.165) is 18.5 Å². The molecule has 1 aromatic heterocycles. The first kappa shape index (κ1) is 31.1. The molecular weight excluding hydrogens is 514 g/mol. The Morgan fingerprint density at radius 1 is 1.12 bits per heavy atom. The number of methoxy groups -OCH3 is 1. The molecule has 1 aliphatic rings. The molecule has 2 aromatic rings. The lowest BCUT2D eigenvalue weighted by atomic mass is 9.92. The van der Waals surface area contributed by atoms with Crippen molar-refractivity contribution in [3.63, 3.8) is 0 Å². The number of para-hydroxylation sites is 1. The largest absolute Gasteiger partial charge is 0.481 e. The van der Waals surface area contributed by atoms with Crippen molar-refractivity contribution < 1.29 is 29.0 Å². The van der Waals surface area contributed by atoms with Crippen LogP contribution in [0.4, 0.5) is 4.79 Å². The number of rotatable bonds is 11. The van der Waals surface area contributed by atoms with Gasteiger partial charge in [0.1, 0.15) is 5.60 Å². The minimum atomic E-state index is -1.01. The standard InChI is InChI=1S/C29H43N5O6/c1-20(2)17-33(23-16-21(27(36)37)18-32(19-23)28(38)40-29(3,4)5)26(35)25-24(14-10-11-15-39-6)34(31-30-25)22-12-8-7-9-13-22/h7-9,12-13,20-21,23H,10-11,14-19H2,1-6H3,(H,36,37)/t21-,23+/m1/s1. The number of nitrogens with zero attached hydrogens (tertiary/aromatic N) is 5. The molecule has 1 N–H and O–H groups in total. The number of piperidine rings is 1. The van der Waals surface area contributed by atoms with E-state index < -0.39 is 29.6 Å². The van der Waals surface area contributed by atoms with Gasteiger partial charge in [0.25, 0.3) is 5.91 Å². The van der Waals surface area contributed by atoms with Gasteiger partial charge in [-0.15, -0.1) is 5.10 Å². The van der Waals surface area contributed by atoms with Crippen LogP contribution in [-0.2, 0) is 20.7 Å². The molecule has 2 heterocycles. The predicted molar refractivity (Wildman–Crippen MR) is 149 cm³/mol. The number of carboxylic acids is 1. The Hall–Kier alpha value is -3.47. The quantitative estimate of drug-likeness (QED) is 0.410. The van der Waals surface area contributed by atoms with Crippen LogP contribution in [0.15, 0.2) is 30.3 Å². The molecule has 11 heteroatoms. The van der Waals surface area contributed by atoms with Crippen LogP contribution in [0.2, 0.25) is 0 Å². The highest BCUT2D eigenvalue weighted by molar-refractivity contribution is 5.94. The van der Waals surface area contributed by atoms with E-state index >= 15 is 0 Å². The average Bonchev–Trinajstić information content (AvgIpc) is 3.32. The van der Waals surface area contributed by atoms with Crippen LogP contribution in [-0.4, -0.2) is 92.9 Å². The third-order valence-electron chi connectivity index (χ3n) is 6.67. The fraction of sp³-hybridized carbons (Fsp3) is 0.621. The number of hydrogen-bond donors (Lipinski definition) is 1. The molecule has 0 aliphatic carbocycles. The Morgan fingerprint density at radius 3 is 2.42 bits per heavy atom. The molecule has 1 aliphatic heterocycles. The third-order valence-corrected chi connectivity index (χ3v) is 6.67. The number of aliphatic carboxylic acids is 1. The van der Waals surface area contributed by atoms with E-state index in [0.29, 0.717) is 25.3 Å². The molecule has 0 bridgehead atoms. The smallest absolute Gasteiger partial charge is 0.410 e. The number of hydrogen-bond acceptors (Lipinski definition) is 7. The molecular formula is C29H43N5O6. The monoisotopic (exact) mass is 557 g/mol. The zero-order valence-electron chi connectivity index (χ0n) is 24.5. The summed E-state index contributed by atoms with van der Waals surface area (Å²) in [7, 11) is 1.66. The highest BCUT2D eigenvalue weighted by Crippen LogP contribution is 2.27. The van der Waals surface area contributed by atoms with Crippen molar-refractivity contribution in [1.29, 1.82) is 0 Å². The Bertz CT molecular complexity index is 1140. The highest BCUT2D eigenvalue weighted by atomic mass is 16.6. The summed E-state index contributed by atoms with van der Waals surface area (Å²) in [5, 5.41) is 18.6. The lowest BCUT2D eigenvalue weighted by Crippen LogP contribution is -2.56. The van der Waals surface area contributed by atoms with E-state index in [1.807, 2.05) is 44.2 Å². The van der Waals surface area contributed by atoms with Crippen molar-refractivity contribution in [1.82, 2.24) is 24.8 Å². The molecule has 0 spiro atoms. The summed E-state index contributed by atoms with van der Waals surface area (Å²) >= 11 is 0. The molecule has 0 unspecified atom stereocenters. The maximum absolute atomic E-state index is 14.2. The number of likely N-dealkylation sites (tertiary alicyclic amines) is 1. The van der Waals surface area contributed by atoms with E-state index in [2.05, 4.69) is 10.3 Å². The van der Waals surface area contributed by atoms with Gasteiger partial charge in [0.05, 0.1) is 23.3 Å². The number of carbonyl (C=O) groups excluding carboxylic acids is 2. The molecule has 1 fully saturated rings. The Kier molecular flexibility index (Phi) is 10.7.